The Morgan fingerprint density at radius 3 is 1.82 bits per heavy atom. The first-order valence-electron chi connectivity index (χ1n) is 30.1. The first-order valence-corrected chi connectivity index (χ1v) is 30.1. The zero-order chi connectivity index (χ0) is 55.6. The molecule has 6 aliphatic rings. The van der Waals surface area contributed by atoms with Crippen molar-refractivity contribution in [1.29, 1.82) is 0 Å². The molecule has 0 spiro atoms. The average molecular weight is 1050 g/mol. The highest BCUT2D eigenvalue weighted by Gasteiger charge is 2.58. The lowest BCUT2D eigenvalue weighted by Crippen LogP contribution is -2.62. The Morgan fingerprint density at radius 1 is 0.450 bits per heavy atom. The number of hydrogen-bond acceptors (Lipinski definition) is 4. The van der Waals surface area contributed by atoms with E-state index < -0.39 is 0 Å². The molecule has 4 nitrogen and oxygen atoms in total. The topological polar surface area (TPSA) is 22.9 Å². The molecular weight excluding hydrogens is 970 g/mol. The fraction of sp³-hybridized carbons (Fsp3) is 0.360. The van der Waals surface area contributed by atoms with Gasteiger partial charge in [0.2, 0.25) is 0 Å². The van der Waals surface area contributed by atoms with Crippen molar-refractivity contribution in [3.63, 3.8) is 0 Å². The molecule has 8 aromatic carbocycles. The maximum Gasteiger partial charge on any atom is 0.252 e. The molecule has 80 heavy (non-hydrogen) atoms. The smallest absolute Gasteiger partial charge is 0.252 e. The highest BCUT2D eigenvalue weighted by Crippen LogP contribution is 2.62. The van der Waals surface area contributed by atoms with Crippen LogP contribution in [0.15, 0.2) is 150 Å². The lowest BCUT2D eigenvalue weighted by Gasteiger charge is -2.51. The third kappa shape index (κ3) is 6.53. The summed E-state index contributed by atoms with van der Waals surface area (Å²) < 4.78 is 6.79. The monoisotopic (exact) mass is 1050 g/mol. The average Bonchev–Trinajstić information content (AvgIpc) is 3.94. The van der Waals surface area contributed by atoms with Gasteiger partial charge in [0, 0.05) is 61.4 Å². The second-order valence-corrected chi connectivity index (χ2v) is 29.2. The van der Waals surface area contributed by atoms with Crippen LogP contribution in [0.5, 0.6) is 0 Å². The van der Waals surface area contributed by atoms with Crippen LogP contribution in [0.1, 0.15) is 179 Å². The zero-order valence-corrected chi connectivity index (χ0v) is 49.9. The fourth-order valence-electron chi connectivity index (χ4n) is 17.0. The number of nitrogens with zero attached hydrogens (tertiary/aromatic N) is 3. The van der Waals surface area contributed by atoms with Gasteiger partial charge in [-0.1, -0.05) is 175 Å². The lowest BCUT2D eigenvalue weighted by molar-refractivity contribution is 0.195. The molecule has 1 aromatic heterocycles. The van der Waals surface area contributed by atoms with Crippen molar-refractivity contribution >= 4 is 90.5 Å². The molecule has 5 heteroatoms. The standard InChI is InChI=1S/C75H78BN3O/c1-45-38-63-68-64(39-45)78(60-25-21-27-66-67(60)49-22-15-18-26-65(49)80-66)61-42-48(79-59-33-28-46(69(2,3)4)40-56(59)74(13)34-19-20-35-75(74,79)14)30-32-57(61)76(68)58-43-54-55(73(11,12)52-24-17-16-23-51(52)72(54,9)10)44-62(58)77(63)47-29-31-50-53(41-47)71(7,8)37-36-70(50,5)6/h15-18,21-33,38-44H,19-20,34-37H2,1-14H3. The van der Waals surface area contributed by atoms with Crippen LogP contribution >= 0.6 is 0 Å². The Bertz CT molecular complexity index is 4160. The van der Waals surface area contributed by atoms with E-state index in [1.54, 1.807) is 0 Å². The van der Waals surface area contributed by atoms with Crippen molar-refractivity contribution in [2.45, 2.75) is 173 Å². The van der Waals surface area contributed by atoms with Crippen molar-refractivity contribution in [3.8, 4) is 0 Å². The number of furan rings is 1. The molecule has 402 valence electrons. The minimum absolute atomic E-state index is 0.0109. The van der Waals surface area contributed by atoms with Gasteiger partial charge in [0.15, 0.2) is 0 Å². The summed E-state index contributed by atoms with van der Waals surface area (Å²) in [5, 5.41) is 2.28. The maximum atomic E-state index is 6.79. The largest absolute Gasteiger partial charge is 0.456 e. The van der Waals surface area contributed by atoms with Gasteiger partial charge in [-0.3, -0.25) is 0 Å². The van der Waals surface area contributed by atoms with E-state index in [1.165, 1.54) is 132 Å². The second kappa shape index (κ2) is 16.1. The highest BCUT2D eigenvalue weighted by atomic mass is 16.3. The summed E-state index contributed by atoms with van der Waals surface area (Å²) in [7, 11) is 0. The quantitative estimate of drug-likeness (QED) is 0.165. The van der Waals surface area contributed by atoms with Gasteiger partial charge in [0.25, 0.3) is 6.71 Å². The molecule has 3 aliphatic carbocycles. The van der Waals surface area contributed by atoms with Crippen molar-refractivity contribution in [1.82, 2.24) is 0 Å². The van der Waals surface area contributed by atoms with Crippen molar-refractivity contribution in [3.05, 3.63) is 196 Å². The maximum absolute atomic E-state index is 6.79. The molecule has 15 rings (SSSR count). The Labute approximate surface area is 476 Å². The number of anilines is 8. The van der Waals surface area contributed by atoms with Crippen LogP contribution in [-0.4, -0.2) is 12.3 Å². The third-order valence-corrected chi connectivity index (χ3v) is 21.9. The normalized spacial score (nSPS) is 22.2. The van der Waals surface area contributed by atoms with Gasteiger partial charge in [0.1, 0.15) is 11.2 Å². The Balaban J connectivity index is 1.05. The van der Waals surface area contributed by atoms with Crippen molar-refractivity contribution in [2.24, 2.45) is 0 Å². The second-order valence-electron chi connectivity index (χ2n) is 29.2. The lowest BCUT2D eigenvalue weighted by atomic mass is 9.33. The van der Waals surface area contributed by atoms with Gasteiger partial charge in [-0.05, 0) is 189 Å². The number of benzene rings is 8. The van der Waals surface area contributed by atoms with Gasteiger partial charge in [-0.2, -0.15) is 0 Å². The van der Waals surface area contributed by atoms with E-state index in [-0.39, 0.29) is 44.7 Å². The Morgan fingerprint density at radius 2 is 1.09 bits per heavy atom. The summed E-state index contributed by atoms with van der Waals surface area (Å²) >= 11 is 0. The fourth-order valence-corrected chi connectivity index (χ4v) is 17.0. The van der Waals surface area contributed by atoms with Gasteiger partial charge >= 0.3 is 0 Å². The van der Waals surface area contributed by atoms with Gasteiger partial charge in [-0.15, -0.1) is 0 Å². The first-order chi connectivity index (χ1) is 37.9. The molecule has 1 saturated carbocycles. The molecular formula is C75H78BN3O. The molecule has 0 amide bonds. The van der Waals surface area contributed by atoms with E-state index in [4.69, 9.17) is 4.42 Å². The van der Waals surface area contributed by atoms with Crippen LogP contribution < -0.4 is 31.1 Å². The van der Waals surface area contributed by atoms with E-state index in [0.717, 1.165) is 40.5 Å². The Kier molecular flexibility index (Phi) is 10.1. The van der Waals surface area contributed by atoms with Gasteiger partial charge in [-0.25, -0.2) is 0 Å². The van der Waals surface area contributed by atoms with Crippen molar-refractivity contribution < 1.29 is 4.42 Å². The van der Waals surface area contributed by atoms with E-state index in [2.05, 4.69) is 257 Å². The SMILES string of the molecule is Cc1cc2c3c(c1)N(c1cccc4oc5ccccc5c14)c1cc(N4c5ccc(C(C)(C)C)cc5C5(C)CCCCC45C)ccc1B3c1cc3c(cc1N2c1ccc2c(c1)C(C)(C)CCC2(C)C)C(C)(C)c1ccccc1C3(C)C. The number of hydrogen-bond donors (Lipinski definition) is 0. The molecule has 0 bridgehead atoms. The molecule has 0 saturated heterocycles. The number of fused-ring (bicyclic) bond motifs is 13. The van der Waals surface area contributed by atoms with Crippen LogP contribution in [0.3, 0.4) is 0 Å². The van der Waals surface area contributed by atoms with Gasteiger partial charge in [0.05, 0.1) is 16.6 Å². The summed E-state index contributed by atoms with van der Waals surface area (Å²) in [5.74, 6) is 0. The molecule has 0 radical (unpaired) electrons. The molecule has 2 unspecified atom stereocenters. The first kappa shape index (κ1) is 50.0. The predicted octanol–water partition coefficient (Wildman–Crippen LogP) is 18.3. The minimum atomic E-state index is -0.234. The summed E-state index contributed by atoms with van der Waals surface area (Å²) in [5.41, 5.74) is 28.3. The third-order valence-electron chi connectivity index (χ3n) is 21.9. The molecule has 0 N–H and O–H groups in total. The number of para-hydroxylation sites is 1. The summed E-state index contributed by atoms with van der Waals surface area (Å²) in [6.45, 7) is 34.3. The highest BCUT2D eigenvalue weighted by molar-refractivity contribution is 7.00. The number of aryl methyl sites for hydroxylation is 1. The molecule has 1 fully saturated rings. The molecule has 4 heterocycles. The van der Waals surface area contributed by atoms with Crippen LogP contribution in [0.4, 0.5) is 45.5 Å². The van der Waals surface area contributed by atoms with Crippen LogP contribution in [-0.2, 0) is 32.5 Å². The van der Waals surface area contributed by atoms with Crippen molar-refractivity contribution in [2.75, 3.05) is 14.7 Å². The van der Waals surface area contributed by atoms with Crippen LogP contribution in [0.2, 0.25) is 0 Å². The van der Waals surface area contributed by atoms with Crippen LogP contribution in [0, 0.1) is 6.92 Å². The minimum Gasteiger partial charge on any atom is -0.456 e. The number of rotatable bonds is 3. The molecule has 9 aromatic rings. The molecule has 2 atom stereocenters. The van der Waals surface area contributed by atoms with E-state index in [1.807, 2.05) is 0 Å². The van der Waals surface area contributed by atoms with E-state index in [9.17, 15) is 0 Å². The molecule has 3 aliphatic heterocycles. The van der Waals surface area contributed by atoms with E-state index in [0.29, 0.717) is 0 Å². The predicted molar refractivity (Wildman–Crippen MR) is 340 cm³/mol. The van der Waals surface area contributed by atoms with E-state index >= 15 is 0 Å². The van der Waals surface area contributed by atoms with Crippen LogP contribution in [0.25, 0.3) is 21.9 Å². The zero-order valence-electron chi connectivity index (χ0n) is 49.9. The Hall–Kier alpha value is -6.98. The summed E-state index contributed by atoms with van der Waals surface area (Å²) in [4.78, 5) is 8.16. The van der Waals surface area contributed by atoms with Gasteiger partial charge < -0.3 is 19.1 Å². The summed E-state index contributed by atoms with van der Waals surface area (Å²) in [6, 6.07) is 57.7. The summed E-state index contributed by atoms with van der Waals surface area (Å²) in [6.07, 6.45) is 7.13.